The minimum Gasteiger partial charge on any atom is -0.435 e. The molecule has 0 N–H and O–H groups in total. The molecule has 1 rings (SSSR count). The van der Waals surface area contributed by atoms with Crippen molar-refractivity contribution in [1.82, 2.24) is 0 Å². The van der Waals surface area contributed by atoms with Gasteiger partial charge in [-0.05, 0) is 17.7 Å². The van der Waals surface area contributed by atoms with Crippen LogP contribution in [0.5, 0.6) is 5.75 Å². The van der Waals surface area contributed by atoms with Crippen LogP contribution in [0.25, 0.3) is 0 Å². The molecule has 0 amide bonds. The lowest BCUT2D eigenvalue weighted by molar-refractivity contribution is -0.0499. The summed E-state index contributed by atoms with van der Waals surface area (Å²) in [5.74, 6) is -0.683. The highest BCUT2D eigenvalue weighted by molar-refractivity contribution is 8.13. The quantitative estimate of drug-likeness (QED) is 0.633. The van der Waals surface area contributed by atoms with Crippen LogP contribution in [0.15, 0.2) is 17.0 Å². The number of nitriles is 1. The van der Waals surface area contributed by atoms with Gasteiger partial charge in [0.25, 0.3) is 9.05 Å². The predicted molar refractivity (Wildman–Crippen MR) is 60.4 cm³/mol. The van der Waals surface area contributed by atoms with Crippen molar-refractivity contribution in [3.05, 3.63) is 23.3 Å². The Bertz CT molecular complexity index is 599. The molecular weight excluding hydrogens is 311 g/mol. The van der Waals surface area contributed by atoms with Gasteiger partial charge in [0.15, 0.2) is 0 Å². The van der Waals surface area contributed by atoms with Gasteiger partial charge in [-0.2, -0.15) is 14.0 Å². The zero-order chi connectivity index (χ0) is 13.9. The van der Waals surface area contributed by atoms with E-state index >= 15 is 0 Å². The van der Waals surface area contributed by atoms with Gasteiger partial charge in [-0.15, -0.1) is 11.6 Å². The predicted octanol–water partition coefficient (Wildman–Crippen LogP) is 2.83. The third-order valence-corrected chi connectivity index (χ3v) is 3.59. The summed E-state index contributed by atoms with van der Waals surface area (Å²) in [6, 6.07) is 3.40. The van der Waals surface area contributed by atoms with E-state index in [1.54, 1.807) is 6.07 Å². The molecule has 9 heteroatoms. The number of ether oxygens (including phenoxy) is 1. The Labute approximate surface area is 111 Å². The first-order chi connectivity index (χ1) is 8.29. The number of halogens is 4. The molecule has 1 aromatic rings. The van der Waals surface area contributed by atoms with E-state index in [1.165, 1.54) is 0 Å². The van der Waals surface area contributed by atoms with E-state index in [4.69, 9.17) is 27.5 Å². The fraction of sp³-hybridized carbons (Fsp3) is 0.222. The fourth-order valence-corrected chi connectivity index (χ4v) is 2.95. The monoisotopic (exact) mass is 315 g/mol. The Morgan fingerprint density at radius 3 is 2.44 bits per heavy atom. The van der Waals surface area contributed by atoms with E-state index in [9.17, 15) is 17.2 Å². The first-order valence-electron chi connectivity index (χ1n) is 4.32. The molecule has 0 fully saturated rings. The number of rotatable bonds is 4. The minimum atomic E-state index is -4.21. The van der Waals surface area contributed by atoms with Crippen molar-refractivity contribution in [3.8, 4) is 11.8 Å². The molecule has 0 bridgehead atoms. The second kappa shape index (κ2) is 5.69. The zero-order valence-electron chi connectivity index (χ0n) is 8.53. The highest BCUT2D eigenvalue weighted by Gasteiger charge is 2.22. The molecule has 0 heterocycles. The average molecular weight is 316 g/mol. The van der Waals surface area contributed by atoms with Crippen molar-refractivity contribution in [2.45, 2.75) is 17.4 Å². The van der Waals surface area contributed by atoms with E-state index < -0.39 is 26.1 Å². The van der Waals surface area contributed by atoms with E-state index in [1.807, 2.05) is 0 Å². The lowest BCUT2D eigenvalue weighted by Gasteiger charge is -2.10. The molecule has 0 aliphatic carbocycles. The van der Waals surface area contributed by atoms with Crippen molar-refractivity contribution >= 4 is 31.3 Å². The molecule has 0 saturated carbocycles. The second-order valence-electron chi connectivity index (χ2n) is 3.02. The summed E-state index contributed by atoms with van der Waals surface area (Å²) in [4.78, 5) is -0.497. The number of hydrogen-bond donors (Lipinski definition) is 0. The summed E-state index contributed by atoms with van der Waals surface area (Å²) in [6.07, 6.45) is 0. The first kappa shape index (κ1) is 15.0. The maximum absolute atomic E-state index is 12.0. The van der Waals surface area contributed by atoms with Crippen molar-refractivity contribution in [3.63, 3.8) is 0 Å². The number of benzene rings is 1. The van der Waals surface area contributed by atoms with E-state index in [-0.39, 0.29) is 17.2 Å². The molecule has 18 heavy (non-hydrogen) atoms. The van der Waals surface area contributed by atoms with Gasteiger partial charge >= 0.3 is 6.61 Å². The molecule has 0 atom stereocenters. The first-order valence-corrected chi connectivity index (χ1v) is 7.16. The third kappa shape index (κ3) is 3.45. The molecule has 0 saturated heterocycles. The van der Waals surface area contributed by atoms with Crippen molar-refractivity contribution in [1.29, 1.82) is 5.26 Å². The van der Waals surface area contributed by atoms with Gasteiger partial charge in [-0.25, -0.2) is 8.42 Å². The molecular formula is C9H5Cl2F2NO3S. The molecule has 0 aliphatic rings. The molecule has 0 unspecified atom stereocenters. The maximum atomic E-state index is 12.0. The van der Waals surface area contributed by atoms with Gasteiger partial charge in [0.2, 0.25) is 0 Å². The van der Waals surface area contributed by atoms with Crippen LogP contribution in [0.1, 0.15) is 11.1 Å². The summed E-state index contributed by atoms with van der Waals surface area (Å²) in [7, 11) is 0.947. The van der Waals surface area contributed by atoms with Crippen LogP contribution < -0.4 is 4.74 Å². The Hall–Kier alpha value is -1.10. The van der Waals surface area contributed by atoms with Gasteiger partial charge in [0.05, 0.1) is 5.56 Å². The molecule has 4 nitrogen and oxygen atoms in total. The third-order valence-electron chi connectivity index (χ3n) is 1.87. The standard InChI is InChI=1S/C9H5Cl2F2NO3S/c10-3-5-1-7(17-9(12)13)2-6(4-14)8(5)18(11,15)16/h1-2,9H,3H2. The molecule has 0 aliphatic heterocycles. The second-order valence-corrected chi connectivity index (χ2v) is 5.79. The van der Waals surface area contributed by atoms with Gasteiger partial charge in [-0.1, -0.05) is 0 Å². The average Bonchev–Trinajstić information content (AvgIpc) is 2.25. The highest BCUT2D eigenvalue weighted by atomic mass is 35.7. The van der Waals surface area contributed by atoms with Crippen LogP contribution in [0.3, 0.4) is 0 Å². The van der Waals surface area contributed by atoms with Crippen molar-refractivity contribution < 1.29 is 21.9 Å². The van der Waals surface area contributed by atoms with Crippen LogP contribution in [-0.2, 0) is 14.9 Å². The molecule has 1 aromatic carbocycles. The molecule has 0 spiro atoms. The largest absolute Gasteiger partial charge is 0.435 e. The zero-order valence-corrected chi connectivity index (χ0v) is 10.9. The lowest BCUT2D eigenvalue weighted by atomic mass is 10.1. The molecule has 0 aromatic heterocycles. The van der Waals surface area contributed by atoms with E-state index in [0.29, 0.717) is 0 Å². The molecule has 98 valence electrons. The van der Waals surface area contributed by atoms with Crippen LogP contribution in [-0.4, -0.2) is 15.0 Å². The van der Waals surface area contributed by atoms with Gasteiger partial charge in [0.1, 0.15) is 16.7 Å². The van der Waals surface area contributed by atoms with Crippen LogP contribution >= 0.6 is 22.3 Å². The summed E-state index contributed by atoms with van der Waals surface area (Å²) < 4.78 is 50.8. The number of nitrogens with zero attached hydrogens (tertiary/aromatic N) is 1. The van der Waals surface area contributed by atoms with Gasteiger partial charge in [0, 0.05) is 16.6 Å². The number of alkyl halides is 3. The number of hydrogen-bond acceptors (Lipinski definition) is 4. The summed E-state index contributed by atoms with van der Waals surface area (Å²) in [5.41, 5.74) is -0.486. The van der Waals surface area contributed by atoms with Crippen molar-refractivity contribution in [2.75, 3.05) is 0 Å². The summed E-state index contributed by atoms with van der Waals surface area (Å²) >= 11 is 5.50. The topological polar surface area (TPSA) is 67.2 Å². The maximum Gasteiger partial charge on any atom is 0.387 e. The highest BCUT2D eigenvalue weighted by Crippen LogP contribution is 2.30. The van der Waals surface area contributed by atoms with E-state index in [0.717, 1.165) is 12.1 Å². The normalized spacial score (nSPS) is 11.3. The van der Waals surface area contributed by atoms with Gasteiger partial charge in [-0.3, -0.25) is 0 Å². The SMILES string of the molecule is N#Cc1cc(OC(F)F)cc(CCl)c1S(=O)(=O)Cl. The van der Waals surface area contributed by atoms with E-state index in [2.05, 4.69) is 4.74 Å². The van der Waals surface area contributed by atoms with Crippen molar-refractivity contribution in [2.24, 2.45) is 0 Å². The summed E-state index contributed by atoms with van der Waals surface area (Å²) in [6.45, 7) is -3.10. The van der Waals surface area contributed by atoms with Crippen LogP contribution in [0.4, 0.5) is 8.78 Å². The molecule has 0 radical (unpaired) electrons. The van der Waals surface area contributed by atoms with Crippen LogP contribution in [0, 0.1) is 11.3 Å². The smallest absolute Gasteiger partial charge is 0.387 e. The Morgan fingerprint density at radius 1 is 1.44 bits per heavy atom. The lowest BCUT2D eigenvalue weighted by Crippen LogP contribution is -2.06. The minimum absolute atomic E-state index is 0.0821. The van der Waals surface area contributed by atoms with Crippen LogP contribution in [0.2, 0.25) is 0 Å². The fourth-order valence-electron chi connectivity index (χ4n) is 1.30. The Balaban J connectivity index is 3.51. The Morgan fingerprint density at radius 2 is 2.06 bits per heavy atom. The van der Waals surface area contributed by atoms with Gasteiger partial charge < -0.3 is 4.74 Å². The Kier molecular flexibility index (Phi) is 4.73. The summed E-state index contributed by atoms with van der Waals surface area (Å²) in [5, 5.41) is 8.80.